The van der Waals surface area contributed by atoms with Crippen LogP contribution in [-0.4, -0.2) is 67.7 Å². The summed E-state index contributed by atoms with van der Waals surface area (Å²) < 4.78 is 209. The van der Waals surface area contributed by atoms with Gasteiger partial charge in [0.15, 0.2) is 23.3 Å². The van der Waals surface area contributed by atoms with Crippen molar-refractivity contribution >= 4 is 90.5 Å². The molecule has 4 N–H and O–H groups in total. The van der Waals surface area contributed by atoms with Gasteiger partial charge in [-0.3, -0.25) is 42.9 Å². The number of carbonyl (C=O) groups excluding carboxylic acids is 4. The van der Waals surface area contributed by atoms with Crippen molar-refractivity contribution in [2.45, 2.75) is 57.1 Å². The molecule has 0 saturated heterocycles. The summed E-state index contributed by atoms with van der Waals surface area (Å²) >= 11 is 0. The second-order valence-corrected chi connectivity index (χ2v) is 26.0. The fourth-order valence-electron chi connectivity index (χ4n) is 12.1. The van der Waals surface area contributed by atoms with Crippen molar-refractivity contribution in [1.82, 2.24) is 44.1 Å². The number of hydrogen-bond acceptors (Lipinski definition) is 11. The summed E-state index contributed by atoms with van der Waals surface area (Å²) in [6, 6.07) is 60.7. The number of anilines is 4. The lowest BCUT2D eigenvalue weighted by Gasteiger charge is -2.09. The first-order chi connectivity index (χ1) is 56.3. The van der Waals surface area contributed by atoms with Crippen molar-refractivity contribution in [2.75, 3.05) is 21.3 Å². The number of nitrogens with one attached hydrogen (secondary N) is 4. The second-order valence-electron chi connectivity index (χ2n) is 26.0. The van der Waals surface area contributed by atoms with E-state index in [1.165, 1.54) is 103 Å². The molecule has 0 spiro atoms. The molecule has 0 unspecified atom stereocenters. The zero-order valence-electron chi connectivity index (χ0n) is 60.5. The Morgan fingerprint density at radius 3 is 0.890 bits per heavy atom. The molecule has 0 aliphatic carbocycles. The highest BCUT2D eigenvalue weighted by Crippen LogP contribution is 2.38. The van der Waals surface area contributed by atoms with Gasteiger partial charge < -0.3 is 30.1 Å². The van der Waals surface area contributed by atoms with E-state index >= 15 is 0 Å². The summed E-state index contributed by atoms with van der Waals surface area (Å²) in [7, 11) is 0. The Bertz CT molecular complexity index is 6000. The van der Waals surface area contributed by atoms with E-state index in [0.717, 1.165) is 93.4 Å². The Balaban J connectivity index is 0.000000137. The molecule has 0 aliphatic rings. The number of fused-ring (bicyclic) bond motifs is 4. The number of para-hydroxylation sites is 3. The van der Waals surface area contributed by atoms with Crippen LogP contribution in [0.25, 0.3) is 43.6 Å². The molecule has 600 valence electrons. The summed E-state index contributed by atoms with van der Waals surface area (Å²) in [6.07, 6.45) is -15.5. The van der Waals surface area contributed by atoms with Gasteiger partial charge in [-0.2, -0.15) is 86.3 Å². The highest BCUT2D eigenvalue weighted by Gasteiger charge is 2.35. The van der Waals surface area contributed by atoms with Crippen LogP contribution in [-0.2, 0) is 57.1 Å². The van der Waals surface area contributed by atoms with E-state index in [-0.39, 0.29) is 66.0 Å². The average Bonchev–Trinajstić information content (AvgIpc) is 1.65. The fourth-order valence-corrected chi connectivity index (χ4v) is 12.1. The van der Waals surface area contributed by atoms with Crippen molar-refractivity contribution in [1.29, 1.82) is 0 Å². The SMILES string of the molecule is O=C(Nc1nn(Cc2ccc(C(F)(F)F)cc2)c2cc(C(F)(F)F)ccc12)c1ccoc1.O=C(Nc1nn(Cc2ccc(C(F)(F)F)cc2)c2ccccc12)c1ccccc1.O=C(Nc1nn(Cc2ccc(C(F)(F)F)cc2)c2ccccc12)c1ccccn1.O=C(Nc1nn(Cc2ccc(C(F)(F)F)cc2)c2ccccc12)c1ccoc1. The number of alkyl halides is 15. The first kappa shape index (κ1) is 81.4. The van der Waals surface area contributed by atoms with E-state index in [4.69, 9.17) is 8.83 Å². The van der Waals surface area contributed by atoms with Gasteiger partial charge >= 0.3 is 30.9 Å². The molecule has 7 aromatic heterocycles. The Hall–Kier alpha value is -14.6. The molecular weight excluding hydrogens is 1570 g/mol. The van der Waals surface area contributed by atoms with Crippen LogP contribution in [0, 0.1) is 0 Å². The van der Waals surface area contributed by atoms with Gasteiger partial charge in [0.05, 0.1) is 99.7 Å². The molecule has 7 heterocycles. The van der Waals surface area contributed by atoms with Crippen LogP contribution in [0.1, 0.15) is 91.6 Å². The lowest BCUT2D eigenvalue weighted by atomic mass is 10.1. The second kappa shape index (κ2) is 34.2. The normalized spacial score (nSPS) is 11.8. The van der Waals surface area contributed by atoms with Gasteiger partial charge in [0.25, 0.3) is 23.6 Å². The summed E-state index contributed by atoms with van der Waals surface area (Å²) in [5, 5.41) is 30.8. The predicted molar refractivity (Wildman–Crippen MR) is 406 cm³/mol. The number of furan rings is 2. The van der Waals surface area contributed by atoms with Gasteiger partial charge in [-0.25, -0.2) is 0 Å². The number of halogens is 15. The maximum Gasteiger partial charge on any atom is 0.416 e. The molecule has 0 radical (unpaired) electrons. The minimum Gasteiger partial charge on any atom is -0.472 e. The molecule has 16 aromatic rings. The zero-order chi connectivity index (χ0) is 83.7. The van der Waals surface area contributed by atoms with Crippen molar-refractivity contribution in [3.63, 3.8) is 0 Å². The summed E-state index contributed by atoms with van der Waals surface area (Å²) in [4.78, 5) is 53.6. The van der Waals surface area contributed by atoms with Crippen molar-refractivity contribution in [3.8, 4) is 0 Å². The number of amides is 4. The number of pyridine rings is 1. The highest BCUT2D eigenvalue weighted by atomic mass is 19.4. The molecule has 0 saturated carbocycles. The smallest absolute Gasteiger partial charge is 0.416 e. The van der Waals surface area contributed by atoms with Crippen LogP contribution < -0.4 is 21.3 Å². The average molecular weight is 1630 g/mol. The summed E-state index contributed by atoms with van der Waals surface area (Å²) in [5.41, 5.74) is 2.16. The Labute approximate surface area is 656 Å². The molecule has 0 fully saturated rings. The number of carbonyl (C=O) groups is 4. The van der Waals surface area contributed by atoms with Crippen LogP contribution in [0.15, 0.2) is 289 Å². The molecule has 34 heteroatoms. The van der Waals surface area contributed by atoms with Gasteiger partial charge in [0.2, 0.25) is 0 Å². The molecule has 16 rings (SSSR count). The Kier molecular flexibility index (Phi) is 23.6. The van der Waals surface area contributed by atoms with Crippen molar-refractivity contribution in [3.05, 3.63) is 352 Å². The maximum atomic E-state index is 13.2. The molecular formula is C84H58F15N13O6. The lowest BCUT2D eigenvalue weighted by molar-refractivity contribution is -0.138. The monoisotopic (exact) mass is 1630 g/mol. The molecule has 0 atom stereocenters. The van der Waals surface area contributed by atoms with Crippen LogP contribution >= 0.6 is 0 Å². The minimum absolute atomic E-state index is 0.00633. The van der Waals surface area contributed by atoms with Crippen LogP contribution in [0.4, 0.5) is 89.1 Å². The number of benzene rings is 9. The zero-order valence-corrected chi connectivity index (χ0v) is 60.5. The minimum atomic E-state index is -4.61. The van der Waals surface area contributed by atoms with E-state index in [2.05, 4.69) is 46.6 Å². The Morgan fingerprint density at radius 2 is 0.576 bits per heavy atom. The molecule has 19 nitrogen and oxygen atoms in total. The van der Waals surface area contributed by atoms with Crippen LogP contribution in [0.5, 0.6) is 0 Å². The van der Waals surface area contributed by atoms with Crippen molar-refractivity contribution < 1.29 is 93.9 Å². The van der Waals surface area contributed by atoms with E-state index in [0.29, 0.717) is 50.8 Å². The van der Waals surface area contributed by atoms with Crippen LogP contribution in [0.3, 0.4) is 0 Å². The topological polar surface area (TPSA) is 227 Å². The number of nitrogens with zero attached hydrogens (tertiary/aromatic N) is 9. The predicted octanol–water partition coefficient (Wildman–Crippen LogP) is 21.0. The van der Waals surface area contributed by atoms with Gasteiger partial charge in [0.1, 0.15) is 18.2 Å². The maximum absolute atomic E-state index is 13.2. The quantitative estimate of drug-likeness (QED) is 0.0665. The van der Waals surface area contributed by atoms with Crippen LogP contribution in [0.2, 0.25) is 0 Å². The van der Waals surface area contributed by atoms with Gasteiger partial charge in [-0.05, 0) is 162 Å². The molecule has 9 aromatic carbocycles. The summed E-state index contributed by atoms with van der Waals surface area (Å²) in [6.45, 7) is 0.690. The number of rotatable bonds is 16. The third-order valence-corrected chi connectivity index (χ3v) is 17.9. The summed E-state index contributed by atoms with van der Waals surface area (Å²) in [5.74, 6) is -0.477. The van der Waals surface area contributed by atoms with Gasteiger partial charge in [0, 0.05) is 33.3 Å². The lowest BCUT2D eigenvalue weighted by Crippen LogP contribution is -2.14. The third kappa shape index (κ3) is 19.8. The first-order valence-electron chi connectivity index (χ1n) is 35.1. The first-order valence-corrected chi connectivity index (χ1v) is 35.1. The fraction of sp³-hybridized carbons (Fsp3) is 0.107. The highest BCUT2D eigenvalue weighted by molar-refractivity contribution is 6.10. The van der Waals surface area contributed by atoms with E-state index in [1.54, 1.807) is 56.5 Å². The van der Waals surface area contributed by atoms with E-state index < -0.39 is 70.5 Å². The van der Waals surface area contributed by atoms with Gasteiger partial charge in [-0.15, -0.1) is 0 Å². The standard InChI is InChI=1S/C22H16F3N3O.C21H13F6N3O2.C21H15F3N4O.C20H14F3N3O2/c23-22(24,25)17-12-10-15(11-13-17)14-28-19-9-5-4-8-18(19)20(27-28)26-21(29)16-6-2-1-3-7-16;22-20(23,24)14-3-1-12(2-4-14)10-30-17-9-15(21(25,26)27)5-6-16(17)18(29-30)28-19(31)13-7-8-32-11-13;22-21(23,24)15-10-8-14(9-11-15)13-28-18-7-2-1-5-16(18)19(27-28)26-20(29)17-6-3-4-12-25-17;21-20(22,23)15-7-5-13(6-8-15)11-26-17-4-2-1-3-16(17)18(25-26)24-19(27)14-9-10-28-12-14/h1-13H,14H2,(H,26,27,29);1-9,11H,10H2,(H,28,29,31);1-12H,13H2,(H,26,27,29);1-10,12H,11H2,(H,24,25,27). The van der Waals surface area contributed by atoms with Gasteiger partial charge in [-0.1, -0.05) is 109 Å². The molecule has 4 amide bonds. The number of hydrogen-bond donors (Lipinski definition) is 4. The van der Waals surface area contributed by atoms with E-state index in [1.807, 2.05) is 78.9 Å². The molecule has 118 heavy (non-hydrogen) atoms. The number of aromatic nitrogens is 9. The molecule has 0 bridgehead atoms. The Morgan fingerprint density at radius 1 is 0.288 bits per heavy atom. The largest absolute Gasteiger partial charge is 0.472 e. The van der Waals surface area contributed by atoms with E-state index in [9.17, 15) is 85.0 Å². The van der Waals surface area contributed by atoms with Crippen molar-refractivity contribution in [2.24, 2.45) is 0 Å². The molecule has 0 aliphatic heterocycles. The third-order valence-electron chi connectivity index (χ3n) is 17.9.